The highest BCUT2D eigenvalue weighted by molar-refractivity contribution is 5.91. The van der Waals surface area contributed by atoms with Gasteiger partial charge >= 0.3 is 0 Å². The SMILES string of the molecule is COc1cccc(CN(Cc2cccc(F)c2)Cc2ccc(C(=O)N3CCC(C)CC3)o2)c1. The molecular weight excluding hydrogens is 419 g/mol. The van der Waals surface area contributed by atoms with Crippen molar-refractivity contribution in [3.8, 4) is 5.75 Å². The van der Waals surface area contributed by atoms with Crippen molar-refractivity contribution in [2.24, 2.45) is 5.92 Å². The number of hydrogen-bond donors (Lipinski definition) is 0. The van der Waals surface area contributed by atoms with Gasteiger partial charge in [-0.15, -0.1) is 0 Å². The lowest BCUT2D eigenvalue weighted by molar-refractivity contribution is 0.0660. The van der Waals surface area contributed by atoms with Gasteiger partial charge in [0.25, 0.3) is 5.91 Å². The first-order chi connectivity index (χ1) is 16.0. The normalized spacial score (nSPS) is 14.6. The topological polar surface area (TPSA) is 45.9 Å². The molecule has 0 radical (unpaired) electrons. The van der Waals surface area contributed by atoms with Gasteiger partial charge in [0.05, 0.1) is 13.7 Å². The predicted molar refractivity (Wildman–Crippen MR) is 125 cm³/mol. The van der Waals surface area contributed by atoms with Gasteiger partial charge in [-0.05, 0) is 66.3 Å². The van der Waals surface area contributed by atoms with E-state index in [2.05, 4.69) is 11.8 Å². The molecule has 1 aromatic heterocycles. The molecule has 0 N–H and O–H groups in total. The molecule has 3 aromatic rings. The molecule has 0 spiro atoms. The van der Waals surface area contributed by atoms with E-state index in [4.69, 9.17) is 9.15 Å². The summed E-state index contributed by atoms with van der Waals surface area (Å²) in [5.74, 6) is 2.25. The first-order valence-electron chi connectivity index (χ1n) is 11.5. The molecule has 1 fully saturated rings. The molecule has 0 atom stereocenters. The summed E-state index contributed by atoms with van der Waals surface area (Å²) in [5, 5.41) is 0. The molecule has 1 saturated heterocycles. The first kappa shape index (κ1) is 23.1. The average molecular weight is 451 g/mol. The Morgan fingerprint density at radius 3 is 2.42 bits per heavy atom. The van der Waals surface area contributed by atoms with E-state index in [1.54, 1.807) is 25.3 Å². The Labute approximate surface area is 194 Å². The van der Waals surface area contributed by atoms with E-state index in [0.29, 0.717) is 37.1 Å². The predicted octanol–water partition coefficient (Wildman–Crippen LogP) is 5.50. The highest BCUT2D eigenvalue weighted by atomic mass is 19.1. The zero-order chi connectivity index (χ0) is 23.2. The van der Waals surface area contributed by atoms with Crippen LogP contribution in [0, 0.1) is 11.7 Å². The minimum absolute atomic E-state index is 0.0439. The molecule has 6 heteroatoms. The highest BCUT2D eigenvalue weighted by Gasteiger charge is 2.24. The molecule has 174 valence electrons. The number of furan rings is 1. The molecule has 5 nitrogen and oxygen atoms in total. The molecule has 0 unspecified atom stereocenters. The summed E-state index contributed by atoms with van der Waals surface area (Å²) in [5.41, 5.74) is 1.96. The van der Waals surface area contributed by atoms with Crippen LogP contribution in [0.1, 0.15) is 47.2 Å². The largest absolute Gasteiger partial charge is 0.497 e. The molecule has 0 aliphatic carbocycles. The highest BCUT2D eigenvalue weighted by Crippen LogP contribution is 2.22. The number of likely N-dealkylation sites (tertiary alicyclic amines) is 1. The van der Waals surface area contributed by atoms with Gasteiger partial charge in [-0.3, -0.25) is 9.69 Å². The fourth-order valence-corrected chi connectivity index (χ4v) is 4.26. The number of piperidine rings is 1. The van der Waals surface area contributed by atoms with Crippen LogP contribution in [0.4, 0.5) is 4.39 Å². The molecule has 0 saturated carbocycles. The molecular formula is C27H31FN2O3. The Morgan fingerprint density at radius 1 is 1.03 bits per heavy atom. The Hall–Kier alpha value is -3.12. The van der Waals surface area contributed by atoms with Crippen molar-refractivity contribution >= 4 is 5.91 Å². The lowest BCUT2D eigenvalue weighted by Crippen LogP contribution is -2.37. The van der Waals surface area contributed by atoms with E-state index in [0.717, 1.165) is 42.8 Å². The van der Waals surface area contributed by atoms with Crippen LogP contribution < -0.4 is 4.74 Å². The molecule has 1 aliphatic heterocycles. The lowest BCUT2D eigenvalue weighted by atomic mass is 9.99. The molecule has 0 bridgehead atoms. The standard InChI is InChI=1S/C27H31FN2O3/c1-20-11-13-30(14-12-20)27(31)26-10-9-25(33-26)19-29(17-21-5-3-7-23(28)15-21)18-22-6-4-8-24(16-22)32-2/h3-10,15-16,20H,11-14,17-19H2,1-2H3. The van der Waals surface area contributed by atoms with Crippen LogP contribution in [-0.2, 0) is 19.6 Å². The quantitative estimate of drug-likeness (QED) is 0.455. The summed E-state index contributed by atoms with van der Waals surface area (Å²) >= 11 is 0. The summed E-state index contributed by atoms with van der Waals surface area (Å²) in [6, 6.07) is 18.2. The van der Waals surface area contributed by atoms with E-state index in [-0.39, 0.29) is 11.7 Å². The lowest BCUT2D eigenvalue weighted by Gasteiger charge is -2.29. The number of benzene rings is 2. The van der Waals surface area contributed by atoms with Crippen molar-refractivity contribution in [1.82, 2.24) is 9.80 Å². The van der Waals surface area contributed by atoms with E-state index in [1.807, 2.05) is 41.3 Å². The van der Waals surface area contributed by atoms with Gasteiger partial charge in [-0.2, -0.15) is 0 Å². The Bertz CT molecular complexity index is 1070. The first-order valence-corrected chi connectivity index (χ1v) is 11.5. The van der Waals surface area contributed by atoms with Crippen LogP contribution in [0.15, 0.2) is 65.1 Å². The molecule has 2 heterocycles. The smallest absolute Gasteiger partial charge is 0.289 e. The third-order valence-electron chi connectivity index (χ3n) is 6.16. The number of rotatable bonds is 8. The Balaban J connectivity index is 1.49. The van der Waals surface area contributed by atoms with Crippen LogP contribution in [-0.4, -0.2) is 35.9 Å². The second-order valence-electron chi connectivity index (χ2n) is 8.87. The number of nitrogens with zero attached hydrogens (tertiary/aromatic N) is 2. The summed E-state index contributed by atoms with van der Waals surface area (Å²) in [6.45, 7) is 5.44. The second-order valence-corrected chi connectivity index (χ2v) is 8.87. The van der Waals surface area contributed by atoms with Gasteiger partial charge in [0, 0.05) is 26.2 Å². The maximum Gasteiger partial charge on any atom is 0.289 e. The molecule has 33 heavy (non-hydrogen) atoms. The number of carbonyl (C=O) groups is 1. The van der Waals surface area contributed by atoms with Crippen molar-refractivity contribution in [2.75, 3.05) is 20.2 Å². The number of carbonyl (C=O) groups excluding carboxylic acids is 1. The summed E-state index contributed by atoms with van der Waals surface area (Å²) in [7, 11) is 1.65. The maximum absolute atomic E-state index is 13.8. The number of hydrogen-bond acceptors (Lipinski definition) is 4. The monoisotopic (exact) mass is 450 g/mol. The molecule has 4 rings (SSSR count). The fraction of sp³-hybridized carbons (Fsp3) is 0.370. The average Bonchev–Trinajstić information content (AvgIpc) is 3.27. The Morgan fingerprint density at radius 2 is 1.73 bits per heavy atom. The van der Waals surface area contributed by atoms with Gasteiger partial charge in [0.2, 0.25) is 0 Å². The summed E-state index contributed by atoms with van der Waals surface area (Å²) in [4.78, 5) is 16.9. The summed E-state index contributed by atoms with van der Waals surface area (Å²) < 4.78 is 25.1. The molecule has 2 aromatic carbocycles. The third kappa shape index (κ3) is 6.23. The second kappa shape index (κ2) is 10.7. The van der Waals surface area contributed by atoms with E-state index in [1.165, 1.54) is 6.07 Å². The van der Waals surface area contributed by atoms with E-state index in [9.17, 15) is 9.18 Å². The van der Waals surface area contributed by atoms with E-state index < -0.39 is 0 Å². The molecule has 1 aliphatic rings. The molecule has 1 amide bonds. The van der Waals surface area contributed by atoms with Gasteiger partial charge < -0.3 is 14.1 Å². The zero-order valence-corrected chi connectivity index (χ0v) is 19.3. The minimum Gasteiger partial charge on any atom is -0.497 e. The number of methoxy groups -OCH3 is 1. The number of ether oxygens (including phenoxy) is 1. The zero-order valence-electron chi connectivity index (χ0n) is 19.3. The van der Waals surface area contributed by atoms with E-state index >= 15 is 0 Å². The number of halogens is 1. The fourth-order valence-electron chi connectivity index (χ4n) is 4.26. The maximum atomic E-state index is 13.8. The van der Waals surface area contributed by atoms with Gasteiger partial charge in [0.1, 0.15) is 17.3 Å². The van der Waals surface area contributed by atoms with Crippen LogP contribution in [0.25, 0.3) is 0 Å². The van der Waals surface area contributed by atoms with Crippen molar-refractivity contribution < 1.29 is 18.3 Å². The van der Waals surface area contributed by atoms with Crippen LogP contribution in [0.5, 0.6) is 5.75 Å². The van der Waals surface area contributed by atoms with Crippen LogP contribution in [0.2, 0.25) is 0 Å². The van der Waals surface area contributed by atoms with Crippen molar-refractivity contribution in [3.63, 3.8) is 0 Å². The van der Waals surface area contributed by atoms with Crippen molar-refractivity contribution in [3.05, 3.63) is 89.1 Å². The van der Waals surface area contributed by atoms with Crippen molar-refractivity contribution in [1.29, 1.82) is 0 Å². The van der Waals surface area contributed by atoms with Crippen LogP contribution in [0.3, 0.4) is 0 Å². The Kier molecular flexibility index (Phi) is 7.45. The van der Waals surface area contributed by atoms with Crippen molar-refractivity contribution in [2.45, 2.75) is 39.4 Å². The summed E-state index contributed by atoms with van der Waals surface area (Å²) in [6.07, 6.45) is 2.06. The van der Waals surface area contributed by atoms with Gasteiger partial charge in [-0.1, -0.05) is 31.2 Å². The van der Waals surface area contributed by atoms with Gasteiger partial charge in [0.15, 0.2) is 5.76 Å². The third-order valence-corrected chi connectivity index (χ3v) is 6.16. The van der Waals surface area contributed by atoms with Gasteiger partial charge in [-0.25, -0.2) is 4.39 Å². The number of amides is 1. The van der Waals surface area contributed by atoms with Crippen LogP contribution >= 0.6 is 0 Å². The minimum atomic E-state index is -0.254.